The Labute approximate surface area is 123 Å². The van der Waals surface area contributed by atoms with Crippen LogP contribution in [0.1, 0.15) is 12.0 Å². The van der Waals surface area contributed by atoms with Crippen molar-refractivity contribution < 1.29 is 14.6 Å². The van der Waals surface area contributed by atoms with E-state index in [0.29, 0.717) is 24.4 Å². The molecule has 0 aliphatic carbocycles. The van der Waals surface area contributed by atoms with Gasteiger partial charge in [-0.1, -0.05) is 6.07 Å². The Kier molecular flexibility index (Phi) is 5.14. The number of nitrogens with two attached hydrogens (primary N) is 1. The van der Waals surface area contributed by atoms with E-state index in [2.05, 4.69) is 0 Å². The van der Waals surface area contributed by atoms with E-state index in [1.165, 1.54) is 0 Å². The summed E-state index contributed by atoms with van der Waals surface area (Å²) in [6.45, 7) is 1.94. The van der Waals surface area contributed by atoms with E-state index < -0.39 is 6.10 Å². The molecule has 1 aliphatic heterocycles. The van der Waals surface area contributed by atoms with Gasteiger partial charge in [0, 0.05) is 13.1 Å². The van der Waals surface area contributed by atoms with Crippen LogP contribution in [0.15, 0.2) is 24.3 Å². The molecule has 1 heterocycles. The standard InChI is InChI=1S/C15H19N3O3/c16-7-11-2-1-3-14(6-11)21-10-13(19)9-18-5-4-12(8-18)15(17)20/h1-3,6,12-13,19H,4-5,8-10H2,(H2,17,20). The number of ether oxygens (including phenoxy) is 1. The highest BCUT2D eigenvalue weighted by Crippen LogP contribution is 2.16. The van der Waals surface area contributed by atoms with Gasteiger partial charge in [0.05, 0.1) is 17.6 Å². The zero-order valence-electron chi connectivity index (χ0n) is 11.7. The molecular weight excluding hydrogens is 270 g/mol. The van der Waals surface area contributed by atoms with Crippen LogP contribution in [0.5, 0.6) is 5.75 Å². The molecule has 1 amide bonds. The Morgan fingerprint density at radius 2 is 2.43 bits per heavy atom. The second-order valence-corrected chi connectivity index (χ2v) is 5.25. The highest BCUT2D eigenvalue weighted by Gasteiger charge is 2.27. The summed E-state index contributed by atoms with van der Waals surface area (Å²) in [4.78, 5) is 13.1. The highest BCUT2D eigenvalue weighted by molar-refractivity contribution is 5.77. The predicted molar refractivity (Wildman–Crippen MR) is 76.4 cm³/mol. The summed E-state index contributed by atoms with van der Waals surface area (Å²) in [6.07, 6.45) is 0.0926. The Hall–Kier alpha value is -2.10. The number of rotatable bonds is 6. The number of β-amino-alcohol motifs (C(OH)–C–C–N with tert-alkyl or cyclic N) is 1. The SMILES string of the molecule is N#Cc1cccc(OCC(O)CN2CCC(C(N)=O)C2)c1. The molecule has 3 N–H and O–H groups in total. The van der Waals surface area contributed by atoms with Crippen LogP contribution >= 0.6 is 0 Å². The van der Waals surface area contributed by atoms with Crippen molar-refractivity contribution in [1.29, 1.82) is 5.26 Å². The van der Waals surface area contributed by atoms with Gasteiger partial charge in [0.2, 0.25) is 5.91 Å². The van der Waals surface area contributed by atoms with Crippen LogP contribution in [0.4, 0.5) is 0 Å². The summed E-state index contributed by atoms with van der Waals surface area (Å²) in [6, 6.07) is 8.83. The van der Waals surface area contributed by atoms with E-state index in [1.54, 1.807) is 24.3 Å². The predicted octanol–water partition coefficient (Wildman–Crippen LogP) is 0.105. The van der Waals surface area contributed by atoms with Crippen molar-refractivity contribution >= 4 is 5.91 Å². The first-order valence-corrected chi connectivity index (χ1v) is 6.91. The van der Waals surface area contributed by atoms with Gasteiger partial charge in [-0.05, 0) is 31.2 Å². The number of aliphatic hydroxyl groups excluding tert-OH is 1. The third-order valence-electron chi connectivity index (χ3n) is 3.55. The second kappa shape index (κ2) is 7.07. The average molecular weight is 289 g/mol. The summed E-state index contributed by atoms with van der Waals surface area (Å²) in [7, 11) is 0. The van der Waals surface area contributed by atoms with Gasteiger partial charge in [-0.2, -0.15) is 5.26 Å². The molecule has 0 saturated carbocycles. The van der Waals surface area contributed by atoms with Crippen LogP contribution in [0, 0.1) is 17.2 Å². The van der Waals surface area contributed by atoms with E-state index >= 15 is 0 Å². The minimum Gasteiger partial charge on any atom is -0.491 e. The van der Waals surface area contributed by atoms with Crippen molar-refractivity contribution in [2.75, 3.05) is 26.2 Å². The quantitative estimate of drug-likeness (QED) is 0.774. The third-order valence-corrected chi connectivity index (χ3v) is 3.55. The minimum absolute atomic E-state index is 0.120. The van der Waals surface area contributed by atoms with Crippen molar-refractivity contribution in [3.05, 3.63) is 29.8 Å². The van der Waals surface area contributed by atoms with Gasteiger partial charge in [0.25, 0.3) is 0 Å². The van der Waals surface area contributed by atoms with Gasteiger partial charge in [0.15, 0.2) is 0 Å². The van der Waals surface area contributed by atoms with Crippen LogP contribution in [-0.2, 0) is 4.79 Å². The van der Waals surface area contributed by atoms with Gasteiger partial charge in [-0.3, -0.25) is 9.69 Å². The van der Waals surface area contributed by atoms with E-state index in [4.69, 9.17) is 15.7 Å². The van der Waals surface area contributed by atoms with Crippen molar-refractivity contribution in [2.45, 2.75) is 12.5 Å². The van der Waals surface area contributed by atoms with Crippen molar-refractivity contribution in [2.24, 2.45) is 11.7 Å². The lowest BCUT2D eigenvalue weighted by atomic mass is 10.1. The molecule has 1 saturated heterocycles. The van der Waals surface area contributed by atoms with Crippen LogP contribution in [0.3, 0.4) is 0 Å². The number of aliphatic hydroxyl groups is 1. The lowest BCUT2D eigenvalue weighted by Gasteiger charge is -2.20. The molecule has 0 radical (unpaired) electrons. The molecule has 112 valence electrons. The molecule has 0 bridgehead atoms. The number of nitriles is 1. The van der Waals surface area contributed by atoms with Crippen LogP contribution in [0.25, 0.3) is 0 Å². The fourth-order valence-electron chi connectivity index (χ4n) is 2.43. The monoisotopic (exact) mass is 289 g/mol. The molecular formula is C15H19N3O3. The Morgan fingerprint density at radius 3 is 3.10 bits per heavy atom. The van der Waals surface area contributed by atoms with E-state index in [9.17, 15) is 9.90 Å². The summed E-state index contributed by atoms with van der Waals surface area (Å²) >= 11 is 0. The van der Waals surface area contributed by atoms with Crippen molar-refractivity contribution in [3.63, 3.8) is 0 Å². The maximum Gasteiger partial charge on any atom is 0.221 e. The third kappa shape index (κ3) is 4.45. The first kappa shape index (κ1) is 15.3. The molecule has 2 rings (SSSR count). The van der Waals surface area contributed by atoms with Crippen LogP contribution in [-0.4, -0.2) is 48.3 Å². The van der Waals surface area contributed by atoms with Gasteiger partial charge in [0.1, 0.15) is 18.5 Å². The first-order valence-electron chi connectivity index (χ1n) is 6.91. The lowest BCUT2D eigenvalue weighted by Crippen LogP contribution is -2.35. The molecule has 6 nitrogen and oxygen atoms in total. The summed E-state index contributed by atoms with van der Waals surface area (Å²) in [5, 5.41) is 18.8. The molecule has 6 heteroatoms. The number of hydrogen-bond donors (Lipinski definition) is 2. The number of likely N-dealkylation sites (tertiary alicyclic amines) is 1. The number of benzene rings is 1. The first-order chi connectivity index (χ1) is 10.1. The van der Waals surface area contributed by atoms with Gasteiger partial charge >= 0.3 is 0 Å². The molecule has 0 spiro atoms. The number of carbonyl (C=O) groups is 1. The normalized spacial score (nSPS) is 19.9. The summed E-state index contributed by atoms with van der Waals surface area (Å²) < 4.78 is 5.48. The average Bonchev–Trinajstić information content (AvgIpc) is 2.94. The molecule has 21 heavy (non-hydrogen) atoms. The van der Waals surface area contributed by atoms with Gasteiger partial charge in [-0.15, -0.1) is 0 Å². The zero-order chi connectivity index (χ0) is 15.2. The van der Waals surface area contributed by atoms with Crippen molar-refractivity contribution in [1.82, 2.24) is 4.90 Å². The van der Waals surface area contributed by atoms with Crippen LogP contribution in [0.2, 0.25) is 0 Å². The molecule has 1 fully saturated rings. The maximum atomic E-state index is 11.1. The molecule has 2 atom stereocenters. The van der Waals surface area contributed by atoms with Crippen molar-refractivity contribution in [3.8, 4) is 11.8 Å². The van der Waals surface area contributed by atoms with E-state index in [-0.39, 0.29) is 18.4 Å². The number of amides is 1. The Morgan fingerprint density at radius 1 is 1.62 bits per heavy atom. The van der Waals surface area contributed by atoms with E-state index in [0.717, 1.165) is 13.0 Å². The lowest BCUT2D eigenvalue weighted by molar-refractivity contribution is -0.121. The fraction of sp³-hybridized carbons (Fsp3) is 0.467. The molecule has 0 aromatic heterocycles. The number of primary amides is 1. The fourth-order valence-corrected chi connectivity index (χ4v) is 2.43. The summed E-state index contributed by atoms with van der Waals surface area (Å²) in [5.74, 6) is 0.159. The number of nitrogens with zero attached hydrogens (tertiary/aromatic N) is 2. The highest BCUT2D eigenvalue weighted by atomic mass is 16.5. The summed E-state index contributed by atoms with van der Waals surface area (Å²) in [5.41, 5.74) is 5.79. The number of carbonyl (C=O) groups excluding carboxylic acids is 1. The second-order valence-electron chi connectivity index (χ2n) is 5.25. The van der Waals surface area contributed by atoms with Gasteiger partial charge < -0.3 is 15.6 Å². The molecule has 1 aromatic carbocycles. The Balaban J connectivity index is 1.76. The van der Waals surface area contributed by atoms with Crippen LogP contribution < -0.4 is 10.5 Å². The zero-order valence-corrected chi connectivity index (χ0v) is 11.7. The maximum absolute atomic E-state index is 11.1. The Bertz CT molecular complexity index is 541. The largest absolute Gasteiger partial charge is 0.491 e. The van der Waals surface area contributed by atoms with Gasteiger partial charge in [-0.25, -0.2) is 0 Å². The molecule has 2 unspecified atom stereocenters. The number of hydrogen-bond acceptors (Lipinski definition) is 5. The smallest absolute Gasteiger partial charge is 0.221 e. The minimum atomic E-state index is -0.651. The topological polar surface area (TPSA) is 99.6 Å². The molecule has 1 aliphatic rings. The van der Waals surface area contributed by atoms with E-state index in [1.807, 2.05) is 11.0 Å². The molecule has 1 aromatic rings.